The van der Waals surface area contributed by atoms with E-state index in [0.717, 1.165) is 12.1 Å². The van der Waals surface area contributed by atoms with Crippen molar-refractivity contribution in [2.24, 2.45) is 0 Å². The Hall–Kier alpha value is -0.900. The highest BCUT2D eigenvalue weighted by Gasteiger charge is 2.73. The Morgan fingerprint density at radius 2 is 1.50 bits per heavy atom. The van der Waals surface area contributed by atoms with E-state index in [1.807, 2.05) is 0 Å². The molecule has 1 aromatic carbocycles. The fourth-order valence-corrected chi connectivity index (χ4v) is 5.36. The Morgan fingerprint density at radius 3 is 1.95 bits per heavy atom. The van der Waals surface area contributed by atoms with Gasteiger partial charge in [0.15, 0.2) is 9.84 Å². The van der Waals surface area contributed by atoms with E-state index in [4.69, 9.17) is 0 Å². The molecular formula is C10H10F6O2S2. The maximum Gasteiger partial charge on any atom is 0.288 e. The summed E-state index contributed by atoms with van der Waals surface area (Å²) in [6.45, 7) is 0. The van der Waals surface area contributed by atoms with E-state index in [1.165, 1.54) is 12.1 Å². The van der Waals surface area contributed by atoms with E-state index in [-0.39, 0.29) is 0 Å². The van der Waals surface area contributed by atoms with Crippen LogP contribution in [0.3, 0.4) is 0 Å². The number of hydrogen-bond donors (Lipinski definition) is 0. The van der Waals surface area contributed by atoms with Gasteiger partial charge in [-0.15, -0.1) is 0 Å². The Labute approximate surface area is 111 Å². The average molecular weight is 340 g/mol. The molecular weight excluding hydrogens is 330 g/mol. The molecule has 0 aliphatic heterocycles. The van der Waals surface area contributed by atoms with Crippen LogP contribution in [0.25, 0.3) is 0 Å². The maximum atomic E-state index is 13.3. The summed E-state index contributed by atoms with van der Waals surface area (Å²) >= 11 is 0. The third-order valence-electron chi connectivity index (χ3n) is 3.26. The van der Waals surface area contributed by atoms with Gasteiger partial charge in [-0.3, -0.25) is 0 Å². The molecule has 0 bridgehead atoms. The number of halogens is 6. The molecule has 10 heteroatoms. The van der Waals surface area contributed by atoms with Gasteiger partial charge in [-0.25, -0.2) is 12.8 Å². The largest absolute Gasteiger partial charge is 0.288 e. The fraction of sp³-hybridized carbons (Fsp3) is 0.400. The lowest BCUT2D eigenvalue weighted by Crippen LogP contribution is -2.45. The minimum Gasteiger partial charge on any atom is -0.223 e. The number of hydrogen-bond acceptors (Lipinski definition) is 2. The van der Waals surface area contributed by atoms with Crippen LogP contribution in [-0.4, -0.2) is 18.9 Å². The maximum absolute atomic E-state index is 13.3. The molecule has 1 aliphatic rings. The van der Waals surface area contributed by atoms with E-state index in [2.05, 4.69) is 0 Å². The summed E-state index contributed by atoms with van der Waals surface area (Å²) in [5.74, 6) is -1.11. The molecule has 0 saturated heterocycles. The van der Waals surface area contributed by atoms with Gasteiger partial charge in [-0.2, -0.15) is 0 Å². The minimum atomic E-state index is -9.67. The van der Waals surface area contributed by atoms with Crippen LogP contribution < -0.4 is 0 Å². The lowest BCUT2D eigenvalue weighted by atomic mass is 9.99. The van der Waals surface area contributed by atoms with E-state index in [9.17, 15) is 32.2 Å². The molecule has 1 aromatic rings. The quantitative estimate of drug-likeness (QED) is 0.763. The van der Waals surface area contributed by atoms with Crippen LogP contribution in [0.1, 0.15) is 12.8 Å². The molecule has 0 spiro atoms. The van der Waals surface area contributed by atoms with Crippen LogP contribution in [0.15, 0.2) is 29.2 Å². The van der Waals surface area contributed by atoms with Crippen molar-refractivity contribution in [1.29, 1.82) is 0 Å². The molecule has 0 unspecified atom stereocenters. The Morgan fingerprint density at radius 1 is 1.00 bits per heavy atom. The van der Waals surface area contributed by atoms with Gasteiger partial charge < -0.3 is 0 Å². The molecule has 0 amide bonds. The van der Waals surface area contributed by atoms with E-state index in [1.54, 1.807) is 0 Å². The summed E-state index contributed by atoms with van der Waals surface area (Å²) in [4.78, 5) is -0.759. The SMILES string of the molecule is O=S(=O)(c1ccccc1F)C1CC(S(F)(F)(F)(F)F)C1. The third-order valence-corrected chi connectivity index (χ3v) is 7.12. The van der Waals surface area contributed by atoms with Crippen molar-refractivity contribution in [3.8, 4) is 0 Å². The standard InChI is InChI=1S/C10H10F6O2S2/c11-9-3-1-2-4-10(9)19(17,18)7-5-8(6-7)20(12,13,14,15)16/h1-4,7-8H,5-6H2. The zero-order chi connectivity index (χ0) is 15.5. The first-order chi connectivity index (χ1) is 8.71. The Kier molecular flexibility index (Phi) is 2.82. The summed E-state index contributed by atoms with van der Waals surface area (Å²) in [5.41, 5.74) is 0. The first kappa shape index (κ1) is 15.5. The molecule has 0 aromatic heterocycles. The molecule has 20 heavy (non-hydrogen) atoms. The van der Waals surface area contributed by atoms with Gasteiger partial charge in [0.25, 0.3) is 10.2 Å². The van der Waals surface area contributed by atoms with Crippen molar-refractivity contribution in [2.75, 3.05) is 0 Å². The molecule has 1 fully saturated rings. The summed E-state index contributed by atoms with van der Waals surface area (Å²) in [6.07, 6.45) is -2.45. The molecule has 1 saturated carbocycles. The predicted molar refractivity (Wildman–Crippen MR) is 63.5 cm³/mol. The second-order valence-corrected chi connectivity index (χ2v) is 9.64. The molecule has 2 rings (SSSR count). The highest BCUT2D eigenvalue weighted by atomic mass is 32.5. The van der Waals surface area contributed by atoms with Crippen LogP contribution in [0.4, 0.5) is 23.8 Å². The van der Waals surface area contributed by atoms with Crippen molar-refractivity contribution in [3.63, 3.8) is 0 Å². The molecule has 0 N–H and O–H groups in total. The van der Waals surface area contributed by atoms with Gasteiger partial charge >= 0.3 is 0 Å². The molecule has 0 radical (unpaired) electrons. The molecule has 0 heterocycles. The van der Waals surface area contributed by atoms with E-state index < -0.39 is 54.1 Å². The Bertz CT molecular complexity index is 646. The summed E-state index contributed by atoms with van der Waals surface area (Å²) in [7, 11) is -14.0. The van der Waals surface area contributed by atoms with Crippen LogP contribution in [0.5, 0.6) is 0 Å². The van der Waals surface area contributed by atoms with Crippen LogP contribution in [-0.2, 0) is 9.84 Å². The lowest BCUT2D eigenvalue weighted by Gasteiger charge is -2.53. The molecule has 116 valence electrons. The van der Waals surface area contributed by atoms with Crippen molar-refractivity contribution in [3.05, 3.63) is 30.1 Å². The average Bonchev–Trinajstić information content (AvgIpc) is 2.09. The number of rotatable bonds is 3. The van der Waals surface area contributed by atoms with Gasteiger partial charge in [-0.05, 0) is 25.0 Å². The second-order valence-electron chi connectivity index (χ2n) is 4.72. The normalized spacial score (nSPS) is 27.3. The van der Waals surface area contributed by atoms with Crippen molar-refractivity contribution in [1.82, 2.24) is 0 Å². The number of benzene rings is 1. The first-order valence-electron chi connectivity index (χ1n) is 5.43. The van der Waals surface area contributed by atoms with E-state index in [0.29, 0.717) is 0 Å². The zero-order valence-electron chi connectivity index (χ0n) is 9.78. The monoisotopic (exact) mass is 340 g/mol. The minimum absolute atomic E-state index is 0.759. The van der Waals surface area contributed by atoms with Gasteiger partial charge in [0.2, 0.25) is 0 Å². The molecule has 2 nitrogen and oxygen atoms in total. The van der Waals surface area contributed by atoms with Crippen molar-refractivity contribution in [2.45, 2.75) is 28.2 Å². The summed E-state index contributed by atoms with van der Waals surface area (Å²) in [5, 5.41) is -4.55. The highest BCUT2D eigenvalue weighted by Crippen LogP contribution is 3.02. The van der Waals surface area contributed by atoms with Gasteiger partial charge in [0.05, 0.1) is 5.25 Å². The van der Waals surface area contributed by atoms with Gasteiger partial charge in [0.1, 0.15) is 16.0 Å². The lowest BCUT2D eigenvalue weighted by molar-refractivity contribution is 0.301. The summed E-state index contributed by atoms with van der Waals surface area (Å²) < 4.78 is 99.3. The second kappa shape index (κ2) is 3.65. The van der Waals surface area contributed by atoms with Crippen LogP contribution in [0.2, 0.25) is 0 Å². The van der Waals surface area contributed by atoms with Crippen molar-refractivity contribution < 1.29 is 32.2 Å². The smallest absolute Gasteiger partial charge is 0.223 e. The van der Waals surface area contributed by atoms with Gasteiger partial charge in [0, 0.05) is 0 Å². The van der Waals surface area contributed by atoms with E-state index >= 15 is 0 Å². The van der Waals surface area contributed by atoms with Gasteiger partial charge in [-0.1, -0.05) is 31.6 Å². The van der Waals surface area contributed by atoms with Crippen LogP contribution >= 0.6 is 10.2 Å². The topological polar surface area (TPSA) is 34.1 Å². The fourth-order valence-electron chi connectivity index (χ4n) is 1.99. The number of sulfone groups is 1. The van der Waals surface area contributed by atoms with Crippen molar-refractivity contribution >= 4 is 20.1 Å². The highest BCUT2D eigenvalue weighted by molar-refractivity contribution is 8.46. The molecule has 0 atom stereocenters. The summed E-state index contributed by atoms with van der Waals surface area (Å²) in [6, 6.07) is 4.16. The third kappa shape index (κ3) is 2.76. The predicted octanol–water partition coefficient (Wildman–Crippen LogP) is 4.43. The Balaban J connectivity index is 2.25. The molecule has 1 aliphatic carbocycles. The zero-order valence-corrected chi connectivity index (χ0v) is 11.4. The first-order valence-corrected chi connectivity index (χ1v) is 8.99. The van der Waals surface area contributed by atoms with Crippen LogP contribution in [0, 0.1) is 5.82 Å².